The second-order valence-electron chi connectivity index (χ2n) is 9.13. The summed E-state index contributed by atoms with van der Waals surface area (Å²) in [6.07, 6.45) is 6.41. The van der Waals surface area contributed by atoms with Crippen LogP contribution in [0.1, 0.15) is 33.6 Å². The molecule has 0 spiro atoms. The Kier molecular flexibility index (Phi) is 7.66. The summed E-state index contributed by atoms with van der Waals surface area (Å²) in [5.74, 6) is 0. The Morgan fingerprint density at radius 1 is 1.04 bits per heavy atom. The summed E-state index contributed by atoms with van der Waals surface area (Å²) in [5, 5.41) is 1.69. The molecule has 0 aliphatic carbocycles. The first-order valence-electron chi connectivity index (χ1n) is 9.44. The first-order valence-corrected chi connectivity index (χ1v) is 15.4. The zero-order valence-corrected chi connectivity index (χ0v) is 19.4. The number of hydrogen-bond acceptors (Lipinski definition) is 1. The SMILES string of the molecule is C=CCC[C@@H](O[Si](C)(C)C(C)(C)C)[C@H](C=C)[Si](C)(C)c1ccccc1. The third-order valence-corrected chi connectivity index (χ3v) is 14.5. The monoisotopic (exact) mass is 374 g/mol. The Hall–Kier alpha value is -0.906. The van der Waals surface area contributed by atoms with E-state index in [1.54, 1.807) is 0 Å². The molecule has 0 radical (unpaired) electrons. The van der Waals surface area contributed by atoms with E-state index in [4.69, 9.17) is 4.43 Å². The number of hydrogen-bond donors (Lipinski definition) is 0. The van der Waals surface area contributed by atoms with E-state index in [2.05, 4.69) is 96.5 Å². The largest absolute Gasteiger partial charge is 0.414 e. The first-order chi connectivity index (χ1) is 11.5. The smallest absolute Gasteiger partial charge is 0.192 e. The van der Waals surface area contributed by atoms with E-state index < -0.39 is 16.4 Å². The fraction of sp³-hybridized carbons (Fsp3) is 0.545. The van der Waals surface area contributed by atoms with Crippen LogP contribution in [0.2, 0.25) is 36.8 Å². The molecular formula is C22H38OSi2. The fourth-order valence-corrected chi connectivity index (χ4v) is 7.82. The third-order valence-electron chi connectivity index (χ3n) is 5.91. The van der Waals surface area contributed by atoms with E-state index in [-0.39, 0.29) is 11.1 Å². The van der Waals surface area contributed by atoms with Crippen molar-refractivity contribution in [1.29, 1.82) is 0 Å². The minimum atomic E-state index is -1.84. The van der Waals surface area contributed by atoms with Gasteiger partial charge in [-0.1, -0.05) is 81.5 Å². The van der Waals surface area contributed by atoms with Gasteiger partial charge in [-0.05, 0) is 31.0 Å². The molecule has 0 unspecified atom stereocenters. The molecule has 0 aliphatic rings. The zero-order chi connectivity index (χ0) is 19.3. The van der Waals surface area contributed by atoms with Gasteiger partial charge in [-0.3, -0.25) is 0 Å². The Morgan fingerprint density at radius 2 is 1.60 bits per heavy atom. The van der Waals surface area contributed by atoms with Crippen molar-refractivity contribution in [2.24, 2.45) is 0 Å². The lowest BCUT2D eigenvalue weighted by Gasteiger charge is -2.44. The molecule has 1 rings (SSSR count). The molecule has 0 aromatic heterocycles. The van der Waals surface area contributed by atoms with Crippen LogP contribution in [0.5, 0.6) is 0 Å². The Bertz CT molecular complexity index is 555. The minimum absolute atomic E-state index is 0.212. The molecule has 1 aromatic rings. The predicted octanol–water partition coefficient (Wildman–Crippen LogP) is 6.51. The van der Waals surface area contributed by atoms with E-state index in [9.17, 15) is 0 Å². The Morgan fingerprint density at radius 3 is 2.04 bits per heavy atom. The highest BCUT2D eigenvalue weighted by Gasteiger charge is 2.43. The second-order valence-corrected chi connectivity index (χ2v) is 18.6. The van der Waals surface area contributed by atoms with Gasteiger partial charge < -0.3 is 4.43 Å². The zero-order valence-electron chi connectivity index (χ0n) is 17.4. The van der Waals surface area contributed by atoms with Crippen LogP contribution in [0.3, 0.4) is 0 Å². The standard InChI is InChI=1S/C22H38OSi2/c1-10-12-18-20(23-25(8,9)22(3,4)5)21(11-2)24(6,7)19-16-14-13-15-17-19/h10-11,13-17,20-21H,1-2,12,18H2,3-9H3/t20-,21+/m1/s1. The molecule has 0 aliphatic heterocycles. The minimum Gasteiger partial charge on any atom is -0.414 e. The van der Waals surface area contributed by atoms with Crippen molar-refractivity contribution in [3.05, 3.63) is 55.6 Å². The van der Waals surface area contributed by atoms with Crippen molar-refractivity contribution in [2.75, 3.05) is 0 Å². The molecule has 0 saturated carbocycles. The van der Waals surface area contributed by atoms with Gasteiger partial charge in [-0.15, -0.1) is 13.2 Å². The van der Waals surface area contributed by atoms with Crippen LogP contribution in [0.4, 0.5) is 0 Å². The van der Waals surface area contributed by atoms with Crippen LogP contribution in [0.25, 0.3) is 0 Å². The molecule has 0 fully saturated rings. The molecule has 0 saturated heterocycles. The van der Waals surface area contributed by atoms with Crippen LogP contribution in [0, 0.1) is 0 Å². The average molecular weight is 375 g/mol. The van der Waals surface area contributed by atoms with Crippen molar-refractivity contribution in [2.45, 2.75) is 76.5 Å². The van der Waals surface area contributed by atoms with Gasteiger partial charge in [0.15, 0.2) is 8.32 Å². The molecule has 0 N–H and O–H groups in total. The summed E-state index contributed by atoms with van der Waals surface area (Å²) in [7, 11) is -3.57. The highest BCUT2D eigenvalue weighted by molar-refractivity contribution is 6.91. The fourth-order valence-electron chi connectivity index (χ4n) is 3.12. The summed E-state index contributed by atoms with van der Waals surface area (Å²) in [5.41, 5.74) is 0.393. The van der Waals surface area contributed by atoms with Gasteiger partial charge in [0.2, 0.25) is 0 Å². The van der Waals surface area contributed by atoms with Gasteiger partial charge in [-0.25, -0.2) is 0 Å². The molecule has 140 valence electrons. The van der Waals surface area contributed by atoms with Gasteiger partial charge in [0.05, 0.1) is 8.07 Å². The van der Waals surface area contributed by atoms with Gasteiger partial charge in [0.25, 0.3) is 0 Å². The summed E-state index contributed by atoms with van der Waals surface area (Å²) in [6.45, 7) is 24.7. The van der Waals surface area contributed by atoms with Gasteiger partial charge >= 0.3 is 0 Å². The third kappa shape index (κ3) is 5.53. The molecule has 1 aromatic carbocycles. The van der Waals surface area contributed by atoms with E-state index in [0.29, 0.717) is 5.54 Å². The second kappa shape index (κ2) is 8.65. The Balaban J connectivity index is 3.21. The molecule has 3 heteroatoms. The molecule has 25 heavy (non-hydrogen) atoms. The van der Waals surface area contributed by atoms with Crippen molar-refractivity contribution < 1.29 is 4.43 Å². The van der Waals surface area contributed by atoms with Crippen LogP contribution in [-0.2, 0) is 4.43 Å². The number of allylic oxidation sites excluding steroid dienone is 1. The topological polar surface area (TPSA) is 9.23 Å². The normalized spacial score (nSPS) is 15.5. The lowest BCUT2D eigenvalue weighted by molar-refractivity contribution is 0.173. The predicted molar refractivity (Wildman–Crippen MR) is 119 cm³/mol. The van der Waals surface area contributed by atoms with E-state index in [1.165, 1.54) is 5.19 Å². The first kappa shape index (κ1) is 22.1. The summed E-state index contributed by atoms with van der Waals surface area (Å²) in [4.78, 5) is 0. The maximum atomic E-state index is 6.92. The van der Waals surface area contributed by atoms with Gasteiger partial charge in [-0.2, -0.15) is 0 Å². The summed E-state index contributed by atoms with van der Waals surface area (Å²) < 4.78 is 6.92. The van der Waals surface area contributed by atoms with Crippen molar-refractivity contribution in [3.63, 3.8) is 0 Å². The molecule has 2 atom stereocenters. The van der Waals surface area contributed by atoms with Crippen LogP contribution in [0.15, 0.2) is 55.6 Å². The molecule has 1 nitrogen and oxygen atoms in total. The molecule has 0 amide bonds. The summed E-state index contributed by atoms with van der Waals surface area (Å²) in [6, 6.07) is 11.0. The number of benzene rings is 1. The Labute approximate surface area is 158 Å². The highest BCUT2D eigenvalue weighted by Crippen LogP contribution is 2.41. The van der Waals surface area contributed by atoms with E-state index in [1.807, 2.05) is 6.08 Å². The molecule has 0 bridgehead atoms. The summed E-state index contributed by atoms with van der Waals surface area (Å²) >= 11 is 0. The average Bonchev–Trinajstić information content (AvgIpc) is 2.52. The maximum absolute atomic E-state index is 6.92. The van der Waals surface area contributed by atoms with Gasteiger partial charge in [0, 0.05) is 11.6 Å². The quantitative estimate of drug-likeness (QED) is 0.353. The van der Waals surface area contributed by atoms with E-state index in [0.717, 1.165) is 12.8 Å². The van der Waals surface area contributed by atoms with Crippen LogP contribution in [-0.4, -0.2) is 22.5 Å². The van der Waals surface area contributed by atoms with Crippen molar-refractivity contribution in [1.82, 2.24) is 0 Å². The van der Waals surface area contributed by atoms with Crippen molar-refractivity contribution in [3.8, 4) is 0 Å². The lowest BCUT2D eigenvalue weighted by atomic mass is 10.1. The molecular weight excluding hydrogens is 336 g/mol. The highest BCUT2D eigenvalue weighted by atomic mass is 28.4. The lowest BCUT2D eigenvalue weighted by Crippen LogP contribution is -2.53. The van der Waals surface area contributed by atoms with Crippen LogP contribution >= 0.6 is 0 Å². The maximum Gasteiger partial charge on any atom is 0.192 e. The van der Waals surface area contributed by atoms with E-state index >= 15 is 0 Å². The van der Waals surface area contributed by atoms with Crippen molar-refractivity contribution >= 4 is 21.6 Å². The number of rotatable bonds is 9. The molecule has 0 heterocycles. The van der Waals surface area contributed by atoms with Gasteiger partial charge in [0.1, 0.15) is 0 Å². The van der Waals surface area contributed by atoms with Crippen LogP contribution < -0.4 is 5.19 Å².